The maximum atomic E-state index is 5.55. The molecule has 0 radical (unpaired) electrons. The number of nitrogens with two attached hydrogens (primary N) is 1. The lowest BCUT2D eigenvalue weighted by molar-refractivity contribution is 0.354. The summed E-state index contributed by atoms with van der Waals surface area (Å²) in [5.74, 6) is 1.49. The third-order valence-corrected chi connectivity index (χ3v) is 3.94. The van der Waals surface area contributed by atoms with Crippen molar-refractivity contribution in [1.29, 1.82) is 0 Å². The Bertz CT molecular complexity index is 555. The summed E-state index contributed by atoms with van der Waals surface area (Å²) in [6.45, 7) is 0.683. The molecule has 0 aliphatic heterocycles. The minimum atomic E-state index is 0.683. The van der Waals surface area contributed by atoms with Crippen LogP contribution >= 0.6 is 11.8 Å². The van der Waals surface area contributed by atoms with Crippen molar-refractivity contribution in [2.24, 2.45) is 5.73 Å². The lowest BCUT2D eigenvalue weighted by Gasteiger charge is -2.09. The molecule has 0 amide bonds. The molecule has 2 rings (SSSR count). The first kappa shape index (κ1) is 14.8. The number of hydrogen-bond acceptors (Lipinski definition) is 4. The predicted molar refractivity (Wildman–Crippen MR) is 82.9 cm³/mol. The molecule has 2 aromatic rings. The Morgan fingerprint density at radius 1 is 0.900 bits per heavy atom. The number of rotatable bonds is 6. The lowest BCUT2D eigenvalue weighted by atomic mass is 10.2. The van der Waals surface area contributed by atoms with E-state index < -0.39 is 0 Å². The van der Waals surface area contributed by atoms with Crippen LogP contribution in [0.4, 0.5) is 0 Å². The summed E-state index contributed by atoms with van der Waals surface area (Å²) in [5.41, 5.74) is 6.82. The second kappa shape index (κ2) is 7.22. The van der Waals surface area contributed by atoms with Crippen LogP contribution in [-0.2, 0) is 6.42 Å². The van der Waals surface area contributed by atoms with Crippen LogP contribution in [0.25, 0.3) is 0 Å². The highest BCUT2D eigenvalue weighted by Gasteiger charge is 2.05. The van der Waals surface area contributed by atoms with Crippen LogP contribution in [0.15, 0.2) is 52.3 Å². The van der Waals surface area contributed by atoms with Crippen LogP contribution in [0.2, 0.25) is 0 Å². The molecule has 3 nitrogen and oxygen atoms in total. The minimum Gasteiger partial charge on any atom is -0.493 e. The van der Waals surface area contributed by atoms with E-state index in [2.05, 4.69) is 24.3 Å². The second-order valence-corrected chi connectivity index (χ2v) is 5.45. The van der Waals surface area contributed by atoms with Crippen molar-refractivity contribution in [1.82, 2.24) is 0 Å². The van der Waals surface area contributed by atoms with Gasteiger partial charge in [-0.05, 0) is 48.9 Å². The average Bonchev–Trinajstić information content (AvgIpc) is 2.49. The van der Waals surface area contributed by atoms with E-state index in [1.165, 1.54) is 10.5 Å². The smallest absolute Gasteiger partial charge is 0.161 e. The highest BCUT2D eigenvalue weighted by atomic mass is 32.2. The Kier molecular flexibility index (Phi) is 5.32. The highest BCUT2D eigenvalue weighted by Crippen LogP contribution is 2.35. The van der Waals surface area contributed by atoms with Gasteiger partial charge in [-0.25, -0.2) is 0 Å². The maximum absolute atomic E-state index is 5.55. The Morgan fingerprint density at radius 3 is 2.15 bits per heavy atom. The van der Waals surface area contributed by atoms with Gasteiger partial charge < -0.3 is 15.2 Å². The van der Waals surface area contributed by atoms with E-state index in [4.69, 9.17) is 15.2 Å². The van der Waals surface area contributed by atoms with Gasteiger partial charge >= 0.3 is 0 Å². The van der Waals surface area contributed by atoms with Crippen molar-refractivity contribution in [3.63, 3.8) is 0 Å². The van der Waals surface area contributed by atoms with Crippen LogP contribution in [0.1, 0.15) is 5.56 Å². The van der Waals surface area contributed by atoms with Crippen LogP contribution in [0.5, 0.6) is 11.5 Å². The monoisotopic (exact) mass is 289 g/mol. The summed E-state index contributed by atoms with van der Waals surface area (Å²) in [7, 11) is 3.29. The molecule has 0 saturated carbocycles. The number of methoxy groups -OCH3 is 2. The fourth-order valence-electron chi connectivity index (χ4n) is 1.91. The zero-order valence-electron chi connectivity index (χ0n) is 11.8. The van der Waals surface area contributed by atoms with Crippen LogP contribution < -0.4 is 15.2 Å². The molecule has 2 aromatic carbocycles. The van der Waals surface area contributed by atoms with Gasteiger partial charge in [-0.2, -0.15) is 0 Å². The molecule has 4 heteroatoms. The van der Waals surface area contributed by atoms with Crippen molar-refractivity contribution in [2.45, 2.75) is 16.2 Å². The Hall–Kier alpha value is -1.65. The third-order valence-electron chi connectivity index (χ3n) is 2.95. The fourth-order valence-corrected chi connectivity index (χ4v) is 2.75. The number of hydrogen-bond donors (Lipinski definition) is 1. The van der Waals surface area contributed by atoms with Gasteiger partial charge in [0.05, 0.1) is 14.2 Å². The second-order valence-electron chi connectivity index (χ2n) is 4.30. The summed E-state index contributed by atoms with van der Waals surface area (Å²) < 4.78 is 10.6. The Balaban J connectivity index is 2.13. The van der Waals surface area contributed by atoms with E-state index >= 15 is 0 Å². The van der Waals surface area contributed by atoms with E-state index in [-0.39, 0.29) is 0 Å². The van der Waals surface area contributed by atoms with Gasteiger partial charge in [-0.15, -0.1) is 0 Å². The van der Waals surface area contributed by atoms with Gasteiger partial charge in [-0.1, -0.05) is 23.9 Å². The van der Waals surface area contributed by atoms with Gasteiger partial charge in [0.15, 0.2) is 11.5 Å². The van der Waals surface area contributed by atoms with Crippen molar-refractivity contribution in [3.05, 3.63) is 48.0 Å². The zero-order valence-corrected chi connectivity index (χ0v) is 12.6. The number of ether oxygens (including phenoxy) is 2. The first-order chi connectivity index (χ1) is 9.76. The predicted octanol–water partition coefficient (Wildman–Crippen LogP) is 3.36. The van der Waals surface area contributed by atoms with Crippen molar-refractivity contribution in [3.8, 4) is 11.5 Å². The van der Waals surface area contributed by atoms with Gasteiger partial charge in [0.1, 0.15) is 0 Å². The normalized spacial score (nSPS) is 10.3. The van der Waals surface area contributed by atoms with E-state index in [9.17, 15) is 0 Å². The summed E-state index contributed by atoms with van der Waals surface area (Å²) >= 11 is 1.70. The molecule has 0 atom stereocenters. The summed E-state index contributed by atoms with van der Waals surface area (Å²) in [4.78, 5) is 2.31. The third kappa shape index (κ3) is 3.68. The first-order valence-electron chi connectivity index (χ1n) is 6.45. The van der Waals surface area contributed by atoms with E-state index in [1.54, 1.807) is 26.0 Å². The molecule has 0 aliphatic rings. The molecule has 2 N–H and O–H groups in total. The lowest BCUT2D eigenvalue weighted by Crippen LogP contribution is -2.02. The largest absolute Gasteiger partial charge is 0.493 e. The standard InChI is InChI=1S/C16H19NO2S/c1-18-15-8-7-14(11-16(15)19-2)20-13-5-3-12(4-6-13)9-10-17/h3-8,11H,9-10,17H2,1-2H3. The van der Waals surface area contributed by atoms with Crippen molar-refractivity contribution >= 4 is 11.8 Å². The molecule has 20 heavy (non-hydrogen) atoms. The van der Waals surface area contributed by atoms with Crippen molar-refractivity contribution < 1.29 is 9.47 Å². The first-order valence-corrected chi connectivity index (χ1v) is 7.27. The Morgan fingerprint density at radius 2 is 1.55 bits per heavy atom. The topological polar surface area (TPSA) is 44.5 Å². The minimum absolute atomic E-state index is 0.683. The van der Waals surface area contributed by atoms with Gasteiger partial charge in [0.2, 0.25) is 0 Å². The number of benzene rings is 2. The summed E-state index contributed by atoms with van der Waals surface area (Å²) in [6, 6.07) is 14.4. The molecule has 0 bridgehead atoms. The van der Waals surface area contributed by atoms with E-state index in [0.29, 0.717) is 6.54 Å². The zero-order chi connectivity index (χ0) is 14.4. The molecule has 106 valence electrons. The molecule has 0 aliphatic carbocycles. The summed E-state index contributed by atoms with van der Waals surface area (Å²) in [5, 5.41) is 0. The molecule has 0 heterocycles. The molecule has 0 fully saturated rings. The average molecular weight is 289 g/mol. The fraction of sp³-hybridized carbons (Fsp3) is 0.250. The van der Waals surface area contributed by atoms with Crippen LogP contribution in [-0.4, -0.2) is 20.8 Å². The van der Waals surface area contributed by atoms with Gasteiger partial charge in [0, 0.05) is 9.79 Å². The quantitative estimate of drug-likeness (QED) is 0.885. The highest BCUT2D eigenvalue weighted by molar-refractivity contribution is 7.99. The van der Waals surface area contributed by atoms with Crippen LogP contribution in [0.3, 0.4) is 0 Å². The summed E-state index contributed by atoms with van der Waals surface area (Å²) in [6.07, 6.45) is 0.918. The molecule has 0 aromatic heterocycles. The molecule has 0 saturated heterocycles. The molecular formula is C16H19NO2S. The molecule has 0 spiro atoms. The molecule has 0 unspecified atom stereocenters. The van der Waals surface area contributed by atoms with Crippen molar-refractivity contribution in [2.75, 3.05) is 20.8 Å². The SMILES string of the molecule is COc1ccc(Sc2ccc(CCN)cc2)cc1OC. The Labute approximate surface area is 124 Å². The maximum Gasteiger partial charge on any atom is 0.161 e. The molecular weight excluding hydrogens is 270 g/mol. The van der Waals surface area contributed by atoms with Gasteiger partial charge in [0.25, 0.3) is 0 Å². The van der Waals surface area contributed by atoms with E-state index in [0.717, 1.165) is 22.8 Å². The van der Waals surface area contributed by atoms with Gasteiger partial charge in [-0.3, -0.25) is 0 Å². The van der Waals surface area contributed by atoms with Crippen LogP contribution in [0, 0.1) is 0 Å². The van der Waals surface area contributed by atoms with E-state index in [1.807, 2.05) is 18.2 Å².